The molecule has 0 aromatic carbocycles. The minimum atomic E-state index is -0.654. The third-order valence-corrected chi connectivity index (χ3v) is 2.66. The molecule has 2 unspecified atom stereocenters. The predicted octanol–water partition coefficient (Wildman–Crippen LogP) is 0.916. The van der Waals surface area contributed by atoms with Gasteiger partial charge in [-0.3, -0.25) is 0 Å². The molecule has 13 heavy (non-hydrogen) atoms. The molecular weight excluding hydrogens is 166 g/mol. The molecule has 0 aromatic heterocycles. The molecule has 2 N–H and O–H groups in total. The van der Waals surface area contributed by atoms with Crippen LogP contribution in [0.2, 0.25) is 0 Å². The first-order valence-corrected chi connectivity index (χ1v) is 5.17. The first kappa shape index (κ1) is 11.0. The topological polar surface area (TPSA) is 41.5 Å². The Labute approximate surface area is 80.5 Å². The Morgan fingerprint density at radius 2 is 2.38 bits per heavy atom. The van der Waals surface area contributed by atoms with Crippen LogP contribution in [0.1, 0.15) is 33.1 Å². The van der Waals surface area contributed by atoms with Gasteiger partial charge in [0.2, 0.25) is 0 Å². The van der Waals surface area contributed by atoms with E-state index in [0.29, 0.717) is 12.6 Å². The maximum Gasteiger partial charge on any atom is 0.0849 e. The molecule has 0 radical (unpaired) electrons. The molecule has 0 amide bonds. The fraction of sp³-hybridized carbons (Fsp3) is 1.00. The van der Waals surface area contributed by atoms with Crippen LogP contribution in [-0.4, -0.2) is 36.5 Å². The molecule has 2 atom stereocenters. The quantitative estimate of drug-likeness (QED) is 0.672. The molecule has 3 heteroatoms. The third kappa shape index (κ3) is 4.07. The van der Waals surface area contributed by atoms with Gasteiger partial charge in [0.1, 0.15) is 0 Å². The maximum absolute atomic E-state index is 9.65. The molecule has 1 aliphatic heterocycles. The number of aliphatic hydroxyl groups is 1. The summed E-state index contributed by atoms with van der Waals surface area (Å²) in [6, 6.07) is 0.507. The predicted molar refractivity (Wildman–Crippen MR) is 52.8 cm³/mol. The van der Waals surface area contributed by atoms with E-state index in [1.54, 1.807) is 0 Å². The minimum absolute atomic E-state index is 0.446. The van der Waals surface area contributed by atoms with E-state index in [0.717, 1.165) is 19.6 Å². The smallest absolute Gasteiger partial charge is 0.0849 e. The van der Waals surface area contributed by atoms with Gasteiger partial charge in [0.15, 0.2) is 0 Å². The van der Waals surface area contributed by atoms with Crippen LogP contribution < -0.4 is 5.32 Å². The van der Waals surface area contributed by atoms with E-state index in [-0.39, 0.29) is 0 Å². The monoisotopic (exact) mass is 187 g/mol. The lowest BCUT2D eigenvalue weighted by Gasteiger charge is -2.22. The minimum Gasteiger partial charge on any atom is -0.388 e. The summed E-state index contributed by atoms with van der Waals surface area (Å²) in [4.78, 5) is 0. The van der Waals surface area contributed by atoms with E-state index < -0.39 is 5.60 Å². The van der Waals surface area contributed by atoms with Crippen LogP contribution in [0.3, 0.4) is 0 Å². The number of ether oxygens (including phenoxy) is 1. The Morgan fingerprint density at radius 3 is 2.92 bits per heavy atom. The van der Waals surface area contributed by atoms with Gasteiger partial charge in [0, 0.05) is 6.04 Å². The van der Waals surface area contributed by atoms with E-state index in [1.165, 1.54) is 12.8 Å². The average molecular weight is 187 g/mol. The maximum atomic E-state index is 9.65. The Hall–Kier alpha value is -0.120. The molecule has 1 saturated heterocycles. The molecule has 0 spiro atoms. The van der Waals surface area contributed by atoms with Crippen molar-refractivity contribution in [3.63, 3.8) is 0 Å². The van der Waals surface area contributed by atoms with Gasteiger partial charge in [-0.15, -0.1) is 0 Å². The highest BCUT2D eigenvalue weighted by atomic mass is 16.5. The van der Waals surface area contributed by atoms with Gasteiger partial charge in [-0.1, -0.05) is 6.92 Å². The van der Waals surface area contributed by atoms with Gasteiger partial charge in [-0.2, -0.15) is 0 Å². The zero-order valence-electron chi connectivity index (χ0n) is 8.68. The van der Waals surface area contributed by atoms with E-state index in [1.807, 2.05) is 13.8 Å². The van der Waals surface area contributed by atoms with Crippen molar-refractivity contribution < 1.29 is 9.84 Å². The van der Waals surface area contributed by atoms with Crippen molar-refractivity contribution in [1.82, 2.24) is 5.32 Å². The molecule has 1 fully saturated rings. The van der Waals surface area contributed by atoms with Crippen molar-refractivity contribution in [3.05, 3.63) is 0 Å². The van der Waals surface area contributed by atoms with Gasteiger partial charge >= 0.3 is 0 Å². The Balaban J connectivity index is 2.06. The lowest BCUT2D eigenvalue weighted by Crippen LogP contribution is -2.33. The summed E-state index contributed by atoms with van der Waals surface area (Å²) in [6.45, 7) is 6.07. The van der Waals surface area contributed by atoms with Crippen LogP contribution in [0, 0.1) is 0 Å². The lowest BCUT2D eigenvalue weighted by atomic mass is 10.1. The lowest BCUT2D eigenvalue weighted by molar-refractivity contribution is -0.0395. The third-order valence-electron chi connectivity index (χ3n) is 2.66. The Bertz CT molecular complexity index is 142. The molecule has 1 aliphatic rings. The van der Waals surface area contributed by atoms with Crippen LogP contribution in [0.5, 0.6) is 0 Å². The number of rotatable bonds is 5. The number of nitrogens with one attached hydrogen (secondary N) is 1. The summed E-state index contributed by atoms with van der Waals surface area (Å²) < 4.78 is 5.46. The van der Waals surface area contributed by atoms with Crippen LogP contribution >= 0.6 is 0 Å². The van der Waals surface area contributed by atoms with E-state index in [2.05, 4.69) is 5.32 Å². The zero-order chi connectivity index (χ0) is 9.73. The molecule has 78 valence electrons. The van der Waals surface area contributed by atoms with Crippen LogP contribution in [0.25, 0.3) is 0 Å². The molecule has 3 nitrogen and oxygen atoms in total. The van der Waals surface area contributed by atoms with Crippen LogP contribution in [0.4, 0.5) is 0 Å². The van der Waals surface area contributed by atoms with Gasteiger partial charge < -0.3 is 15.2 Å². The van der Waals surface area contributed by atoms with Crippen molar-refractivity contribution in [2.24, 2.45) is 0 Å². The zero-order valence-corrected chi connectivity index (χ0v) is 8.68. The molecule has 0 aliphatic carbocycles. The van der Waals surface area contributed by atoms with Crippen molar-refractivity contribution in [2.45, 2.75) is 44.8 Å². The second kappa shape index (κ2) is 4.94. The molecular formula is C10H21NO2. The van der Waals surface area contributed by atoms with Gasteiger partial charge in [-0.25, -0.2) is 0 Å². The normalized spacial score (nSPS) is 27.5. The summed E-state index contributed by atoms with van der Waals surface area (Å²) in [5, 5.41) is 13.0. The first-order chi connectivity index (χ1) is 6.14. The fourth-order valence-corrected chi connectivity index (χ4v) is 1.42. The SMILES string of the molecule is CCC(C)(O)COCC1CCCN1. The van der Waals surface area contributed by atoms with Gasteiger partial charge in [-0.05, 0) is 32.7 Å². The van der Waals surface area contributed by atoms with Crippen molar-refractivity contribution >= 4 is 0 Å². The highest BCUT2D eigenvalue weighted by molar-refractivity contribution is 4.75. The molecule has 0 aromatic rings. The second-order valence-electron chi connectivity index (χ2n) is 4.16. The van der Waals surface area contributed by atoms with E-state index >= 15 is 0 Å². The average Bonchev–Trinajstić information content (AvgIpc) is 2.57. The fourth-order valence-electron chi connectivity index (χ4n) is 1.42. The summed E-state index contributed by atoms with van der Waals surface area (Å²) in [5.74, 6) is 0. The van der Waals surface area contributed by atoms with Crippen molar-refractivity contribution in [1.29, 1.82) is 0 Å². The second-order valence-corrected chi connectivity index (χ2v) is 4.16. The highest BCUT2D eigenvalue weighted by Crippen LogP contribution is 2.10. The van der Waals surface area contributed by atoms with Crippen molar-refractivity contribution in [3.8, 4) is 0 Å². The number of hydrogen-bond donors (Lipinski definition) is 2. The van der Waals surface area contributed by atoms with E-state index in [4.69, 9.17) is 4.74 Å². The van der Waals surface area contributed by atoms with Crippen LogP contribution in [-0.2, 0) is 4.74 Å². The standard InChI is InChI=1S/C10H21NO2/c1-3-10(2,12)8-13-7-9-5-4-6-11-9/h9,11-12H,3-8H2,1-2H3. The Morgan fingerprint density at radius 1 is 1.62 bits per heavy atom. The largest absolute Gasteiger partial charge is 0.388 e. The summed E-state index contributed by atoms with van der Waals surface area (Å²) >= 11 is 0. The van der Waals surface area contributed by atoms with Gasteiger partial charge in [0.25, 0.3) is 0 Å². The van der Waals surface area contributed by atoms with Crippen LogP contribution in [0.15, 0.2) is 0 Å². The Kier molecular flexibility index (Phi) is 4.16. The molecule has 1 rings (SSSR count). The van der Waals surface area contributed by atoms with Crippen molar-refractivity contribution in [2.75, 3.05) is 19.8 Å². The first-order valence-electron chi connectivity index (χ1n) is 5.17. The summed E-state index contributed by atoms with van der Waals surface area (Å²) in [7, 11) is 0. The molecule has 1 heterocycles. The summed E-state index contributed by atoms with van der Waals surface area (Å²) in [6.07, 6.45) is 3.19. The van der Waals surface area contributed by atoms with Gasteiger partial charge in [0.05, 0.1) is 18.8 Å². The molecule has 0 bridgehead atoms. The summed E-state index contributed by atoms with van der Waals surface area (Å²) in [5.41, 5.74) is -0.654. The highest BCUT2D eigenvalue weighted by Gasteiger charge is 2.19. The number of hydrogen-bond acceptors (Lipinski definition) is 3. The van der Waals surface area contributed by atoms with E-state index in [9.17, 15) is 5.11 Å². The molecule has 0 saturated carbocycles.